The van der Waals surface area contributed by atoms with Gasteiger partial charge in [-0.2, -0.15) is 5.10 Å². The summed E-state index contributed by atoms with van der Waals surface area (Å²) in [5.74, 6) is 1.89. The number of hydrogen-bond acceptors (Lipinski definition) is 6. The van der Waals surface area contributed by atoms with Crippen molar-refractivity contribution < 1.29 is 23.7 Å². The molecule has 8 nitrogen and oxygen atoms in total. The maximum absolute atomic E-state index is 12.5. The summed E-state index contributed by atoms with van der Waals surface area (Å²) in [5, 5.41) is 4.69. The lowest BCUT2D eigenvalue weighted by molar-refractivity contribution is 0.0951. The molecule has 2 N–H and O–H groups in total. The van der Waals surface area contributed by atoms with E-state index in [0.717, 1.165) is 11.3 Å². The molecule has 1 amide bonds. The van der Waals surface area contributed by atoms with Crippen LogP contribution in [0.2, 0.25) is 0 Å². The minimum Gasteiger partial charge on any atom is -0.497 e. The zero-order valence-corrected chi connectivity index (χ0v) is 16.0. The zero-order chi connectivity index (χ0) is 20.1. The lowest BCUT2D eigenvalue weighted by Crippen LogP contribution is -2.17. The van der Waals surface area contributed by atoms with Crippen molar-refractivity contribution in [3.05, 3.63) is 47.7 Å². The summed E-state index contributed by atoms with van der Waals surface area (Å²) in [7, 11) is 6.22. The van der Waals surface area contributed by atoms with E-state index in [1.165, 1.54) is 14.2 Å². The number of methoxy groups -OCH3 is 4. The van der Waals surface area contributed by atoms with E-state index in [0.29, 0.717) is 33.8 Å². The molecule has 3 aromatic rings. The smallest absolute Gasteiger partial charge is 0.287 e. The molecule has 0 aliphatic carbocycles. The van der Waals surface area contributed by atoms with Gasteiger partial charge < -0.3 is 23.9 Å². The van der Waals surface area contributed by atoms with Crippen molar-refractivity contribution in [2.24, 2.45) is 5.10 Å². The van der Waals surface area contributed by atoms with Crippen molar-refractivity contribution in [2.75, 3.05) is 28.4 Å². The number of aromatic nitrogens is 1. The molecule has 146 valence electrons. The quantitative estimate of drug-likeness (QED) is 0.483. The molecule has 0 aliphatic rings. The van der Waals surface area contributed by atoms with Gasteiger partial charge in [-0.1, -0.05) is 0 Å². The first-order valence-electron chi connectivity index (χ1n) is 8.40. The molecule has 1 aromatic heterocycles. The van der Waals surface area contributed by atoms with E-state index in [-0.39, 0.29) is 0 Å². The molecule has 1 heterocycles. The molecule has 0 unspecified atom stereocenters. The van der Waals surface area contributed by atoms with Gasteiger partial charge in [-0.25, -0.2) is 5.43 Å². The normalized spacial score (nSPS) is 10.9. The number of amides is 1. The molecule has 0 bridgehead atoms. The number of nitrogens with one attached hydrogen (secondary N) is 2. The summed E-state index contributed by atoms with van der Waals surface area (Å²) in [6, 6.07) is 10.7. The third-order valence-corrected chi connectivity index (χ3v) is 4.18. The number of hydrogen-bond donors (Lipinski definition) is 2. The second kappa shape index (κ2) is 8.34. The number of H-pyrrole nitrogens is 1. The summed E-state index contributed by atoms with van der Waals surface area (Å²) >= 11 is 0. The largest absolute Gasteiger partial charge is 0.497 e. The van der Waals surface area contributed by atoms with Crippen LogP contribution in [-0.2, 0) is 0 Å². The molecule has 0 atom stereocenters. The second-order valence-corrected chi connectivity index (χ2v) is 5.76. The minimum absolute atomic E-state index is 0.312. The van der Waals surface area contributed by atoms with Crippen LogP contribution in [0.1, 0.15) is 16.1 Å². The van der Waals surface area contributed by atoms with Crippen LogP contribution in [-0.4, -0.2) is 45.5 Å². The Kier molecular flexibility index (Phi) is 5.69. The number of nitrogens with zero attached hydrogens (tertiary/aromatic N) is 1. The van der Waals surface area contributed by atoms with Crippen LogP contribution < -0.4 is 24.4 Å². The van der Waals surface area contributed by atoms with E-state index in [9.17, 15) is 4.79 Å². The molecule has 0 saturated carbocycles. The average Bonchev–Trinajstić information content (AvgIpc) is 3.18. The highest BCUT2D eigenvalue weighted by molar-refractivity contribution is 6.02. The highest BCUT2D eigenvalue weighted by atomic mass is 16.5. The maximum atomic E-state index is 12.5. The predicted molar refractivity (Wildman–Crippen MR) is 106 cm³/mol. The fourth-order valence-electron chi connectivity index (χ4n) is 2.77. The van der Waals surface area contributed by atoms with Gasteiger partial charge in [0.1, 0.15) is 17.2 Å². The summed E-state index contributed by atoms with van der Waals surface area (Å²) in [6.45, 7) is 0. The monoisotopic (exact) mass is 383 g/mol. The Morgan fingerprint density at radius 3 is 2.29 bits per heavy atom. The molecular formula is C20H21N3O5. The number of aromatic amines is 1. The number of benzene rings is 2. The van der Waals surface area contributed by atoms with Gasteiger partial charge >= 0.3 is 0 Å². The summed E-state index contributed by atoms with van der Waals surface area (Å²) in [4.78, 5) is 15.5. The number of hydrazone groups is 1. The molecule has 8 heteroatoms. The Labute approximate surface area is 162 Å². The highest BCUT2D eigenvalue weighted by Gasteiger charge is 2.19. The minimum atomic E-state index is -0.399. The van der Waals surface area contributed by atoms with Gasteiger partial charge in [-0.05, 0) is 35.9 Å². The molecule has 0 saturated heterocycles. The number of ether oxygens (including phenoxy) is 4. The van der Waals surface area contributed by atoms with Crippen molar-refractivity contribution in [3.63, 3.8) is 0 Å². The Morgan fingerprint density at radius 1 is 0.964 bits per heavy atom. The fourth-order valence-corrected chi connectivity index (χ4v) is 2.77. The lowest BCUT2D eigenvalue weighted by Gasteiger charge is -2.11. The van der Waals surface area contributed by atoms with Crippen LogP contribution in [0.4, 0.5) is 0 Å². The first kappa shape index (κ1) is 19.1. The summed E-state index contributed by atoms with van der Waals surface area (Å²) in [5.41, 5.74) is 4.23. The van der Waals surface area contributed by atoms with Gasteiger partial charge in [0.15, 0.2) is 11.5 Å². The molecule has 2 aromatic carbocycles. The molecule has 3 rings (SSSR count). The van der Waals surface area contributed by atoms with Crippen molar-refractivity contribution >= 4 is 23.0 Å². The van der Waals surface area contributed by atoms with Gasteiger partial charge in [0.05, 0.1) is 40.2 Å². The van der Waals surface area contributed by atoms with Crippen molar-refractivity contribution in [2.45, 2.75) is 0 Å². The zero-order valence-electron chi connectivity index (χ0n) is 16.0. The number of fused-ring (bicyclic) bond motifs is 1. The van der Waals surface area contributed by atoms with E-state index in [4.69, 9.17) is 18.9 Å². The third kappa shape index (κ3) is 3.71. The van der Waals surface area contributed by atoms with Crippen molar-refractivity contribution in [3.8, 4) is 23.0 Å². The fraction of sp³-hybridized carbons (Fsp3) is 0.200. The van der Waals surface area contributed by atoms with Crippen LogP contribution in [0.5, 0.6) is 23.0 Å². The van der Waals surface area contributed by atoms with Crippen LogP contribution in [0.25, 0.3) is 10.9 Å². The number of carbonyl (C=O) groups excluding carboxylic acids is 1. The van der Waals surface area contributed by atoms with E-state index in [1.807, 2.05) is 24.3 Å². The van der Waals surface area contributed by atoms with E-state index in [1.54, 1.807) is 32.6 Å². The average molecular weight is 383 g/mol. The SMILES string of the molecule is COc1ccc(C=NNC(=O)c2cc3c(OC)cc(OC)c(OC)c3[nH]2)cc1. The first-order valence-corrected chi connectivity index (χ1v) is 8.40. The highest BCUT2D eigenvalue weighted by Crippen LogP contribution is 2.41. The maximum Gasteiger partial charge on any atom is 0.287 e. The van der Waals surface area contributed by atoms with E-state index in [2.05, 4.69) is 15.5 Å². The van der Waals surface area contributed by atoms with Crippen LogP contribution in [0, 0.1) is 0 Å². The van der Waals surface area contributed by atoms with Crippen molar-refractivity contribution in [1.82, 2.24) is 10.4 Å². The summed E-state index contributed by atoms with van der Waals surface area (Å²) < 4.78 is 21.2. The second-order valence-electron chi connectivity index (χ2n) is 5.76. The predicted octanol–water partition coefficient (Wildman–Crippen LogP) is 2.97. The van der Waals surface area contributed by atoms with Gasteiger partial charge in [-0.3, -0.25) is 4.79 Å². The molecule has 0 fully saturated rings. The molecular weight excluding hydrogens is 362 g/mol. The van der Waals surface area contributed by atoms with Gasteiger partial charge in [0, 0.05) is 11.5 Å². The van der Waals surface area contributed by atoms with Crippen molar-refractivity contribution in [1.29, 1.82) is 0 Å². The molecule has 0 aliphatic heterocycles. The number of carbonyl (C=O) groups is 1. The molecule has 0 radical (unpaired) electrons. The number of rotatable bonds is 7. The van der Waals surface area contributed by atoms with Crippen LogP contribution in [0.15, 0.2) is 41.5 Å². The topological polar surface area (TPSA) is 94.2 Å². The van der Waals surface area contributed by atoms with E-state index < -0.39 is 5.91 Å². The standard InChI is InChI=1S/C20H21N3O5/c1-25-13-7-5-12(6-8-13)11-21-23-20(24)15-9-14-16(26-2)10-17(27-3)19(28-4)18(14)22-15/h5-11,22H,1-4H3,(H,23,24). The first-order chi connectivity index (χ1) is 13.6. The third-order valence-electron chi connectivity index (χ3n) is 4.18. The Bertz CT molecular complexity index is 1010. The Balaban J connectivity index is 1.84. The van der Waals surface area contributed by atoms with Gasteiger partial charge in [0.2, 0.25) is 0 Å². The van der Waals surface area contributed by atoms with Crippen LogP contribution >= 0.6 is 0 Å². The van der Waals surface area contributed by atoms with Gasteiger partial charge in [0.25, 0.3) is 5.91 Å². The van der Waals surface area contributed by atoms with Gasteiger partial charge in [-0.15, -0.1) is 0 Å². The molecule has 28 heavy (non-hydrogen) atoms. The Morgan fingerprint density at radius 2 is 1.68 bits per heavy atom. The lowest BCUT2D eigenvalue weighted by atomic mass is 10.2. The Hall–Kier alpha value is -3.68. The van der Waals surface area contributed by atoms with E-state index >= 15 is 0 Å². The summed E-state index contributed by atoms with van der Waals surface area (Å²) in [6.07, 6.45) is 1.55. The molecule has 0 spiro atoms. The van der Waals surface area contributed by atoms with Crippen LogP contribution in [0.3, 0.4) is 0 Å².